The minimum Gasteiger partial charge on any atom is -0.267 e. The van der Waals surface area contributed by atoms with Crippen molar-refractivity contribution in [3.63, 3.8) is 0 Å². The molecule has 0 aromatic heterocycles. The Hall–Kier alpha value is -3.02. The van der Waals surface area contributed by atoms with Crippen molar-refractivity contribution in [2.24, 2.45) is 5.10 Å². The zero-order valence-corrected chi connectivity index (χ0v) is 11.3. The van der Waals surface area contributed by atoms with Gasteiger partial charge in [0.15, 0.2) is 0 Å². The molecule has 0 unspecified atom stereocenters. The van der Waals surface area contributed by atoms with Crippen LogP contribution in [0.4, 0.5) is 5.69 Å². The molecule has 0 spiro atoms. The van der Waals surface area contributed by atoms with Crippen molar-refractivity contribution in [1.82, 2.24) is 5.43 Å². The zero-order chi connectivity index (χ0) is 15.2. The van der Waals surface area contributed by atoms with E-state index >= 15 is 0 Å². The molecule has 2 aromatic rings. The number of hydrogen-bond donors (Lipinski definition) is 1. The Kier molecular flexibility index (Phi) is 4.40. The molecule has 106 valence electrons. The van der Waals surface area contributed by atoms with Gasteiger partial charge in [0.2, 0.25) is 0 Å². The van der Waals surface area contributed by atoms with Crippen molar-refractivity contribution in [2.75, 3.05) is 0 Å². The largest absolute Gasteiger partial charge is 0.271 e. The number of carbonyl (C=O) groups is 1. The van der Waals surface area contributed by atoms with E-state index in [-0.39, 0.29) is 5.69 Å². The number of nitro benzene ring substituents is 1. The molecule has 2 rings (SSSR count). The second kappa shape index (κ2) is 6.42. The summed E-state index contributed by atoms with van der Waals surface area (Å²) >= 11 is 0. The number of carbonyl (C=O) groups excluding carboxylic acids is 1. The molecule has 0 saturated carbocycles. The molecular weight excluding hydrogens is 270 g/mol. The van der Waals surface area contributed by atoms with Crippen molar-refractivity contribution < 1.29 is 9.72 Å². The number of nitrogens with zero attached hydrogens (tertiary/aromatic N) is 2. The first-order valence-corrected chi connectivity index (χ1v) is 6.21. The van der Waals surface area contributed by atoms with Crippen LogP contribution in [0.15, 0.2) is 53.6 Å². The van der Waals surface area contributed by atoms with Gasteiger partial charge in [0.05, 0.1) is 11.1 Å². The summed E-state index contributed by atoms with van der Waals surface area (Å²) in [7, 11) is 0. The molecule has 2 aromatic carbocycles. The molecule has 0 heterocycles. The Morgan fingerprint density at radius 2 is 1.76 bits per heavy atom. The van der Waals surface area contributed by atoms with Crippen molar-refractivity contribution in [3.05, 3.63) is 75.3 Å². The van der Waals surface area contributed by atoms with E-state index in [1.54, 1.807) is 0 Å². The first kappa shape index (κ1) is 14.4. The van der Waals surface area contributed by atoms with Crippen LogP contribution in [-0.4, -0.2) is 17.0 Å². The maximum Gasteiger partial charge on any atom is 0.271 e. The molecule has 0 bridgehead atoms. The van der Waals surface area contributed by atoms with Crippen LogP contribution in [0.1, 0.15) is 21.5 Å². The van der Waals surface area contributed by atoms with Gasteiger partial charge in [0, 0.05) is 17.7 Å². The number of amides is 1. The number of non-ortho nitro benzene ring substituents is 1. The van der Waals surface area contributed by atoms with Crippen molar-refractivity contribution in [2.45, 2.75) is 6.92 Å². The average molecular weight is 283 g/mol. The third-order valence-electron chi connectivity index (χ3n) is 2.80. The smallest absolute Gasteiger partial charge is 0.267 e. The molecule has 0 fully saturated rings. The molecular formula is C15H13N3O3. The third kappa shape index (κ3) is 3.97. The van der Waals surface area contributed by atoms with Crippen molar-refractivity contribution in [3.8, 4) is 0 Å². The van der Waals surface area contributed by atoms with Crippen molar-refractivity contribution in [1.29, 1.82) is 0 Å². The van der Waals surface area contributed by atoms with Gasteiger partial charge in [-0.05, 0) is 24.6 Å². The molecule has 0 atom stereocenters. The molecule has 0 aliphatic heterocycles. The fourth-order valence-electron chi connectivity index (χ4n) is 1.62. The van der Waals surface area contributed by atoms with Gasteiger partial charge in [-0.25, -0.2) is 5.43 Å². The highest BCUT2D eigenvalue weighted by Gasteiger charge is 2.08. The van der Waals surface area contributed by atoms with E-state index in [9.17, 15) is 14.9 Å². The summed E-state index contributed by atoms with van der Waals surface area (Å²) in [5.41, 5.74) is 4.62. The lowest BCUT2D eigenvalue weighted by Gasteiger charge is -1.99. The predicted molar refractivity (Wildman–Crippen MR) is 79.3 cm³/mol. The highest BCUT2D eigenvalue weighted by molar-refractivity contribution is 5.95. The fourth-order valence-corrected chi connectivity index (χ4v) is 1.62. The topological polar surface area (TPSA) is 84.6 Å². The maximum atomic E-state index is 11.8. The molecule has 0 radical (unpaired) electrons. The Bertz CT molecular complexity index is 676. The number of nitrogens with one attached hydrogen (secondary N) is 1. The summed E-state index contributed by atoms with van der Waals surface area (Å²) in [6.45, 7) is 1.98. The quantitative estimate of drug-likeness (QED) is 0.532. The van der Waals surface area contributed by atoms with Gasteiger partial charge in [-0.15, -0.1) is 0 Å². The Balaban J connectivity index is 1.98. The lowest BCUT2D eigenvalue weighted by molar-refractivity contribution is -0.384. The molecule has 0 aliphatic carbocycles. The van der Waals surface area contributed by atoms with E-state index in [4.69, 9.17) is 0 Å². The lowest BCUT2D eigenvalue weighted by atomic mass is 10.2. The Morgan fingerprint density at radius 3 is 2.33 bits per heavy atom. The summed E-state index contributed by atoms with van der Waals surface area (Å²) in [6.07, 6.45) is 1.53. The van der Waals surface area contributed by atoms with Gasteiger partial charge in [0.1, 0.15) is 0 Å². The first-order valence-electron chi connectivity index (χ1n) is 6.21. The minimum absolute atomic E-state index is 0.0605. The van der Waals surface area contributed by atoms with Gasteiger partial charge in [-0.2, -0.15) is 5.10 Å². The second-order valence-electron chi connectivity index (χ2n) is 4.41. The van der Waals surface area contributed by atoms with Crippen LogP contribution in [-0.2, 0) is 0 Å². The van der Waals surface area contributed by atoms with E-state index in [0.717, 1.165) is 11.1 Å². The van der Waals surface area contributed by atoms with Gasteiger partial charge in [-0.1, -0.05) is 29.8 Å². The van der Waals surface area contributed by atoms with E-state index < -0.39 is 10.8 Å². The van der Waals surface area contributed by atoms with Gasteiger partial charge in [-0.3, -0.25) is 14.9 Å². The first-order chi connectivity index (χ1) is 10.1. The molecule has 1 N–H and O–H groups in total. The molecule has 1 amide bonds. The van der Waals surface area contributed by atoms with Crippen molar-refractivity contribution >= 4 is 17.8 Å². The molecule has 6 heteroatoms. The van der Waals surface area contributed by atoms with Gasteiger partial charge < -0.3 is 0 Å². The van der Waals surface area contributed by atoms with Crippen LogP contribution in [0, 0.1) is 17.0 Å². The number of rotatable bonds is 4. The van der Waals surface area contributed by atoms with Crippen LogP contribution in [0.5, 0.6) is 0 Å². The summed E-state index contributed by atoms with van der Waals surface area (Å²) in [6, 6.07) is 13.0. The van der Waals surface area contributed by atoms with E-state index in [1.807, 2.05) is 31.2 Å². The zero-order valence-electron chi connectivity index (χ0n) is 11.3. The minimum atomic E-state index is -0.517. The van der Waals surface area contributed by atoms with E-state index in [0.29, 0.717) is 5.56 Å². The van der Waals surface area contributed by atoms with Crippen LogP contribution in [0.25, 0.3) is 0 Å². The number of benzene rings is 2. The number of hydrogen-bond acceptors (Lipinski definition) is 4. The normalized spacial score (nSPS) is 10.5. The van der Waals surface area contributed by atoms with Crippen LogP contribution in [0.2, 0.25) is 0 Å². The highest BCUT2D eigenvalue weighted by Crippen LogP contribution is 2.11. The summed E-state index contributed by atoms with van der Waals surface area (Å²) < 4.78 is 0. The second-order valence-corrected chi connectivity index (χ2v) is 4.41. The molecule has 21 heavy (non-hydrogen) atoms. The van der Waals surface area contributed by atoms with Gasteiger partial charge in [0.25, 0.3) is 11.6 Å². The monoisotopic (exact) mass is 283 g/mol. The molecule has 0 aliphatic rings. The Labute approximate surface area is 121 Å². The number of hydrazone groups is 1. The molecule has 0 saturated heterocycles. The lowest BCUT2D eigenvalue weighted by Crippen LogP contribution is -2.17. The summed E-state index contributed by atoms with van der Waals surface area (Å²) in [5, 5.41) is 14.4. The van der Waals surface area contributed by atoms with E-state index in [2.05, 4.69) is 10.5 Å². The van der Waals surface area contributed by atoms with Gasteiger partial charge >= 0.3 is 0 Å². The van der Waals surface area contributed by atoms with Crippen LogP contribution < -0.4 is 5.43 Å². The van der Waals surface area contributed by atoms with E-state index in [1.165, 1.54) is 30.5 Å². The standard InChI is InChI=1S/C15H13N3O3/c1-11-2-4-12(5-3-11)10-16-17-15(19)13-6-8-14(9-7-13)18(20)21/h2-10H,1H3,(H,17,19)/b16-10-. The Morgan fingerprint density at radius 1 is 1.14 bits per heavy atom. The summed E-state index contributed by atoms with van der Waals surface area (Å²) in [5.74, 6) is -0.423. The number of aryl methyl sites for hydroxylation is 1. The van der Waals surface area contributed by atoms with Crippen LogP contribution in [0.3, 0.4) is 0 Å². The third-order valence-corrected chi connectivity index (χ3v) is 2.80. The predicted octanol–water partition coefficient (Wildman–Crippen LogP) is 2.67. The SMILES string of the molecule is Cc1ccc(/C=N\NC(=O)c2ccc([N+](=O)[O-])cc2)cc1. The summed E-state index contributed by atoms with van der Waals surface area (Å²) in [4.78, 5) is 21.8. The maximum absolute atomic E-state index is 11.8. The number of nitro groups is 1. The fraction of sp³-hybridized carbons (Fsp3) is 0.0667. The highest BCUT2D eigenvalue weighted by atomic mass is 16.6. The van der Waals surface area contributed by atoms with Crippen LogP contribution >= 0.6 is 0 Å². The molecule has 6 nitrogen and oxygen atoms in total. The average Bonchev–Trinajstić information content (AvgIpc) is 2.49.